The fourth-order valence-corrected chi connectivity index (χ4v) is 2.74. The number of aryl methyl sites for hydroxylation is 1. The summed E-state index contributed by atoms with van der Waals surface area (Å²) in [6.07, 6.45) is 0. The number of methoxy groups -OCH3 is 1. The fourth-order valence-electron chi connectivity index (χ4n) is 2.74. The van der Waals surface area contributed by atoms with Crippen LogP contribution in [0.2, 0.25) is 0 Å². The second-order valence-corrected chi connectivity index (χ2v) is 5.79. The number of carbonyl (C=O) groups excluding carboxylic acids is 1. The summed E-state index contributed by atoms with van der Waals surface area (Å²) in [5.74, 6) is 0.364. The van der Waals surface area contributed by atoms with Crippen LogP contribution in [0.5, 0.6) is 5.75 Å². The number of benzene rings is 3. The first-order chi connectivity index (χ1) is 12.2. The molecule has 0 saturated carbocycles. The first-order valence-corrected chi connectivity index (χ1v) is 8.14. The Balaban J connectivity index is 1.96. The van der Waals surface area contributed by atoms with Gasteiger partial charge in [0.1, 0.15) is 12.4 Å². The van der Waals surface area contributed by atoms with E-state index in [4.69, 9.17) is 9.47 Å². The van der Waals surface area contributed by atoms with E-state index in [1.54, 1.807) is 12.1 Å². The van der Waals surface area contributed by atoms with Crippen molar-refractivity contribution in [1.82, 2.24) is 0 Å². The van der Waals surface area contributed by atoms with Crippen molar-refractivity contribution in [2.45, 2.75) is 13.5 Å². The Labute approximate surface area is 147 Å². The van der Waals surface area contributed by atoms with Gasteiger partial charge >= 0.3 is 5.97 Å². The number of hydrogen-bond donors (Lipinski definition) is 0. The Bertz CT molecular complexity index is 869. The molecule has 0 heterocycles. The minimum Gasteiger partial charge on any atom is -0.489 e. The molecular formula is C22H20O3. The summed E-state index contributed by atoms with van der Waals surface area (Å²) in [6, 6.07) is 23.4. The van der Waals surface area contributed by atoms with E-state index in [1.807, 2.05) is 67.6 Å². The van der Waals surface area contributed by atoms with E-state index in [1.165, 1.54) is 7.11 Å². The van der Waals surface area contributed by atoms with E-state index < -0.39 is 0 Å². The molecule has 0 spiro atoms. The van der Waals surface area contributed by atoms with Gasteiger partial charge in [0.05, 0.1) is 12.7 Å². The zero-order chi connectivity index (χ0) is 17.6. The lowest BCUT2D eigenvalue weighted by Gasteiger charge is -2.13. The maximum absolute atomic E-state index is 12.1. The Kier molecular flexibility index (Phi) is 5.14. The van der Waals surface area contributed by atoms with Crippen LogP contribution in [0, 0.1) is 6.92 Å². The highest BCUT2D eigenvalue weighted by atomic mass is 16.5. The van der Waals surface area contributed by atoms with E-state index in [0.29, 0.717) is 12.2 Å². The Morgan fingerprint density at radius 1 is 0.880 bits per heavy atom. The third-order valence-electron chi connectivity index (χ3n) is 4.08. The van der Waals surface area contributed by atoms with Crippen LogP contribution in [0.4, 0.5) is 0 Å². The minimum absolute atomic E-state index is 0.354. The quantitative estimate of drug-likeness (QED) is 0.615. The van der Waals surface area contributed by atoms with E-state index in [2.05, 4.69) is 0 Å². The van der Waals surface area contributed by atoms with Crippen LogP contribution in [0.25, 0.3) is 11.1 Å². The second-order valence-electron chi connectivity index (χ2n) is 5.79. The molecule has 0 bridgehead atoms. The number of carbonyl (C=O) groups is 1. The molecule has 0 radical (unpaired) electrons. The maximum Gasteiger partial charge on any atom is 0.338 e. The topological polar surface area (TPSA) is 35.5 Å². The van der Waals surface area contributed by atoms with Gasteiger partial charge in [0.15, 0.2) is 0 Å². The van der Waals surface area contributed by atoms with Gasteiger partial charge in [-0.3, -0.25) is 0 Å². The predicted octanol–water partition coefficient (Wildman–Crippen LogP) is 5.03. The number of hydrogen-bond acceptors (Lipinski definition) is 3. The molecule has 0 N–H and O–H groups in total. The molecule has 0 aliphatic rings. The van der Waals surface area contributed by atoms with E-state index >= 15 is 0 Å². The summed E-state index contributed by atoms with van der Waals surface area (Å²) in [5.41, 5.74) is 4.53. The molecule has 0 aliphatic heterocycles. The van der Waals surface area contributed by atoms with E-state index in [9.17, 15) is 4.79 Å². The van der Waals surface area contributed by atoms with Crippen LogP contribution in [0.1, 0.15) is 21.5 Å². The lowest BCUT2D eigenvalue weighted by molar-refractivity contribution is 0.0601. The van der Waals surface area contributed by atoms with Gasteiger partial charge in [0.2, 0.25) is 0 Å². The summed E-state index contributed by atoms with van der Waals surface area (Å²) >= 11 is 0. The molecule has 0 saturated heterocycles. The van der Waals surface area contributed by atoms with Crippen LogP contribution >= 0.6 is 0 Å². The summed E-state index contributed by atoms with van der Waals surface area (Å²) in [7, 11) is 1.39. The lowest BCUT2D eigenvalue weighted by atomic mass is 9.96. The average Bonchev–Trinajstić information content (AvgIpc) is 2.67. The molecule has 0 fully saturated rings. The van der Waals surface area contributed by atoms with Gasteiger partial charge in [-0.1, -0.05) is 54.6 Å². The van der Waals surface area contributed by atoms with Crippen molar-refractivity contribution in [2.24, 2.45) is 0 Å². The summed E-state index contributed by atoms with van der Waals surface area (Å²) in [4.78, 5) is 12.1. The first-order valence-electron chi connectivity index (χ1n) is 8.14. The van der Waals surface area contributed by atoms with Crippen LogP contribution in [-0.2, 0) is 11.3 Å². The van der Waals surface area contributed by atoms with Crippen molar-refractivity contribution in [1.29, 1.82) is 0 Å². The SMILES string of the molecule is COC(=O)c1ccc(OCc2ccccc2)cc1-c1ccccc1C. The molecule has 0 unspecified atom stereocenters. The van der Waals surface area contributed by atoms with E-state index in [-0.39, 0.29) is 5.97 Å². The molecule has 25 heavy (non-hydrogen) atoms. The van der Waals surface area contributed by atoms with Crippen LogP contribution in [0.15, 0.2) is 72.8 Å². The van der Waals surface area contributed by atoms with Gasteiger partial charge in [-0.05, 0) is 41.8 Å². The Morgan fingerprint density at radius 3 is 2.32 bits per heavy atom. The van der Waals surface area contributed by atoms with Crippen molar-refractivity contribution in [2.75, 3.05) is 7.11 Å². The normalized spacial score (nSPS) is 10.3. The first kappa shape index (κ1) is 16.8. The van der Waals surface area contributed by atoms with Crippen LogP contribution < -0.4 is 4.74 Å². The van der Waals surface area contributed by atoms with Crippen LogP contribution in [-0.4, -0.2) is 13.1 Å². The third kappa shape index (κ3) is 3.89. The molecule has 126 valence electrons. The molecule has 3 aromatic rings. The largest absolute Gasteiger partial charge is 0.489 e. The molecule has 3 nitrogen and oxygen atoms in total. The zero-order valence-electron chi connectivity index (χ0n) is 14.4. The maximum atomic E-state index is 12.1. The molecule has 0 aliphatic carbocycles. The van der Waals surface area contributed by atoms with Gasteiger partial charge in [0.25, 0.3) is 0 Å². The highest BCUT2D eigenvalue weighted by molar-refractivity contribution is 5.98. The summed E-state index contributed by atoms with van der Waals surface area (Å²) in [5, 5.41) is 0. The van der Waals surface area contributed by atoms with Crippen molar-refractivity contribution in [3.05, 3.63) is 89.5 Å². The highest BCUT2D eigenvalue weighted by Gasteiger charge is 2.15. The Hall–Kier alpha value is -3.07. The molecule has 3 rings (SSSR count). The van der Waals surface area contributed by atoms with Crippen molar-refractivity contribution >= 4 is 5.97 Å². The monoisotopic (exact) mass is 332 g/mol. The molecule has 0 aromatic heterocycles. The number of ether oxygens (including phenoxy) is 2. The van der Waals surface area contributed by atoms with Gasteiger partial charge in [-0.2, -0.15) is 0 Å². The molecule has 3 aromatic carbocycles. The smallest absolute Gasteiger partial charge is 0.338 e. The summed E-state index contributed by atoms with van der Waals surface area (Å²) < 4.78 is 10.8. The fraction of sp³-hybridized carbons (Fsp3) is 0.136. The second kappa shape index (κ2) is 7.67. The van der Waals surface area contributed by atoms with Gasteiger partial charge in [0, 0.05) is 5.56 Å². The lowest BCUT2D eigenvalue weighted by Crippen LogP contribution is -2.05. The van der Waals surface area contributed by atoms with Gasteiger partial charge in [-0.25, -0.2) is 4.79 Å². The zero-order valence-corrected chi connectivity index (χ0v) is 14.4. The van der Waals surface area contributed by atoms with Crippen molar-refractivity contribution in [3.63, 3.8) is 0 Å². The highest BCUT2D eigenvalue weighted by Crippen LogP contribution is 2.31. The molecular weight excluding hydrogens is 312 g/mol. The van der Waals surface area contributed by atoms with Crippen molar-refractivity contribution < 1.29 is 14.3 Å². The van der Waals surface area contributed by atoms with E-state index in [0.717, 1.165) is 28.0 Å². The molecule has 3 heteroatoms. The average molecular weight is 332 g/mol. The van der Waals surface area contributed by atoms with Crippen molar-refractivity contribution in [3.8, 4) is 16.9 Å². The Morgan fingerprint density at radius 2 is 1.60 bits per heavy atom. The summed E-state index contributed by atoms with van der Waals surface area (Å²) in [6.45, 7) is 2.50. The van der Waals surface area contributed by atoms with Gasteiger partial charge < -0.3 is 9.47 Å². The molecule has 0 atom stereocenters. The number of esters is 1. The minimum atomic E-state index is -0.354. The molecule has 0 amide bonds. The van der Waals surface area contributed by atoms with Crippen LogP contribution in [0.3, 0.4) is 0 Å². The van der Waals surface area contributed by atoms with Gasteiger partial charge in [-0.15, -0.1) is 0 Å². The third-order valence-corrected chi connectivity index (χ3v) is 4.08. The standard InChI is InChI=1S/C22H20O3/c1-16-8-6-7-11-19(16)21-14-18(12-13-20(21)22(23)24-2)25-15-17-9-4-3-5-10-17/h3-14H,15H2,1-2H3. The predicted molar refractivity (Wildman–Crippen MR) is 98.7 cm³/mol. The number of rotatable bonds is 5.